The molecule has 0 aliphatic rings. The van der Waals surface area contributed by atoms with Crippen LogP contribution in [0.25, 0.3) is 32.9 Å². The van der Waals surface area contributed by atoms with Crippen molar-refractivity contribution < 1.29 is 44.3 Å². The first-order valence-corrected chi connectivity index (χ1v) is 11.9. The summed E-state index contributed by atoms with van der Waals surface area (Å²) in [4.78, 5) is 8.89. The zero-order valence-electron chi connectivity index (χ0n) is 20.6. The molecule has 0 fully saturated rings. The van der Waals surface area contributed by atoms with Gasteiger partial charge in [0.2, 0.25) is 0 Å². The molecule has 0 radical (unpaired) electrons. The highest BCUT2D eigenvalue weighted by molar-refractivity contribution is 6.10. The number of rotatable bonds is 7. The van der Waals surface area contributed by atoms with Crippen LogP contribution in [-0.2, 0) is 12.5 Å². The van der Waals surface area contributed by atoms with E-state index in [4.69, 9.17) is 4.74 Å². The van der Waals surface area contributed by atoms with Crippen LogP contribution >= 0.6 is 0 Å². The van der Waals surface area contributed by atoms with Crippen molar-refractivity contribution in [3.8, 4) is 16.9 Å². The van der Waals surface area contributed by atoms with Gasteiger partial charge < -0.3 is 4.74 Å². The van der Waals surface area contributed by atoms with Crippen LogP contribution in [0.15, 0.2) is 91.3 Å². The van der Waals surface area contributed by atoms with Gasteiger partial charge in [0, 0.05) is 28.7 Å². The first kappa shape index (κ1) is 28.2. The zero-order chi connectivity index (χ0) is 29.6. The van der Waals surface area contributed by atoms with Crippen molar-refractivity contribution >= 4 is 21.8 Å². The largest absolute Gasteiger partial charge is 0.489 e. The fourth-order valence-electron chi connectivity index (χ4n) is 4.28. The van der Waals surface area contributed by atoms with Crippen LogP contribution in [0.2, 0.25) is 0 Å². The van der Waals surface area contributed by atoms with Crippen LogP contribution in [-0.4, -0.2) is 28.0 Å². The van der Waals surface area contributed by atoms with E-state index in [1.54, 1.807) is 36.7 Å². The molecular weight excluding hydrogens is 563 g/mol. The fraction of sp³-hybridized carbons (Fsp3) is 0.172. The molecule has 2 heterocycles. The Balaban J connectivity index is 1.32. The number of benzene rings is 3. The highest BCUT2D eigenvalue weighted by atomic mass is 19.4. The van der Waals surface area contributed by atoms with Gasteiger partial charge in [0.15, 0.2) is 0 Å². The van der Waals surface area contributed by atoms with Gasteiger partial charge in [-0.2, -0.15) is 39.5 Å². The lowest BCUT2D eigenvalue weighted by atomic mass is 9.96. The number of pyridine rings is 2. The number of hydrogen-bond donors (Lipinski definition) is 0. The van der Waals surface area contributed by atoms with E-state index in [0.717, 1.165) is 45.1 Å². The van der Waals surface area contributed by atoms with E-state index in [0.29, 0.717) is 17.9 Å². The molecule has 5 rings (SSSR count). The Morgan fingerprint density at radius 1 is 0.634 bits per heavy atom. The highest BCUT2D eigenvalue weighted by Crippen LogP contribution is 2.56. The van der Waals surface area contributed by atoms with Gasteiger partial charge in [-0.15, -0.1) is 0 Å². The van der Waals surface area contributed by atoms with Gasteiger partial charge in [-0.05, 0) is 47.0 Å². The molecule has 5 aromatic rings. The van der Waals surface area contributed by atoms with E-state index in [-0.39, 0.29) is 12.2 Å². The molecule has 2 aromatic heterocycles. The molecule has 41 heavy (non-hydrogen) atoms. The molecule has 0 atom stereocenters. The van der Waals surface area contributed by atoms with Crippen molar-refractivity contribution in [2.45, 2.75) is 30.6 Å². The van der Waals surface area contributed by atoms with Gasteiger partial charge >= 0.3 is 23.9 Å². The molecule has 212 valence electrons. The smallest absolute Gasteiger partial charge is 0.460 e. The first-order valence-electron chi connectivity index (χ1n) is 11.9. The van der Waals surface area contributed by atoms with E-state index < -0.39 is 29.5 Å². The van der Waals surface area contributed by atoms with Gasteiger partial charge in [-0.25, -0.2) is 0 Å². The second-order valence-corrected chi connectivity index (χ2v) is 9.13. The first-order chi connectivity index (χ1) is 19.2. The van der Waals surface area contributed by atoms with Crippen LogP contribution in [0.1, 0.15) is 11.1 Å². The lowest BCUT2D eigenvalue weighted by Crippen LogP contribution is -2.59. The third-order valence-electron chi connectivity index (χ3n) is 6.49. The Morgan fingerprint density at radius 2 is 1.24 bits per heavy atom. The standard InChI is InChI=1S/C29H17F9N2O/c30-26(31,27(32,33)28(34,35)29(36,37)38)20-9-5-17(6-10-20)16-41-21-11-7-18(8-12-21)23-15-19-3-1-13-39-24(19)25-22(23)4-2-14-40-25/h1-15H,16H2. The van der Waals surface area contributed by atoms with E-state index in [1.165, 1.54) is 0 Å². The van der Waals surface area contributed by atoms with Crippen molar-refractivity contribution in [1.29, 1.82) is 0 Å². The molecule has 0 unspecified atom stereocenters. The average Bonchev–Trinajstić information content (AvgIpc) is 2.95. The summed E-state index contributed by atoms with van der Waals surface area (Å²) in [6, 6.07) is 18.8. The molecule has 0 bridgehead atoms. The summed E-state index contributed by atoms with van der Waals surface area (Å²) in [7, 11) is 0. The predicted octanol–water partition coefficient (Wildman–Crippen LogP) is 8.95. The van der Waals surface area contributed by atoms with Crippen LogP contribution < -0.4 is 4.74 Å². The van der Waals surface area contributed by atoms with Crippen LogP contribution in [0.5, 0.6) is 5.75 Å². The maximum atomic E-state index is 14.1. The summed E-state index contributed by atoms with van der Waals surface area (Å²) in [5.41, 5.74) is 1.70. The molecular formula is C29H17F9N2O. The third kappa shape index (κ3) is 4.81. The Morgan fingerprint density at radius 3 is 1.88 bits per heavy atom. The second kappa shape index (κ2) is 9.93. The highest BCUT2D eigenvalue weighted by Gasteiger charge is 2.82. The number of fused-ring (bicyclic) bond motifs is 3. The summed E-state index contributed by atoms with van der Waals surface area (Å²) >= 11 is 0. The third-order valence-corrected chi connectivity index (χ3v) is 6.49. The molecule has 0 aliphatic carbocycles. The normalized spacial score (nSPS) is 13.1. The summed E-state index contributed by atoms with van der Waals surface area (Å²) < 4.78 is 125. The molecule has 12 heteroatoms. The molecule has 0 spiro atoms. The summed E-state index contributed by atoms with van der Waals surface area (Å²) in [6.07, 6.45) is -3.52. The maximum absolute atomic E-state index is 14.1. The van der Waals surface area contributed by atoms with E-state index in [2.05, 4.69) is 9.97 Å². The van der Waals surface area contributed by atoms with Crippen LogP contribution in [0.3, 0.4) is 0 Å². The minimum atomic E-state index is -6.95. The molecule has 0 saturated heterocycles. The maximum Gasteiger partial charge on any atom is 0.460 e. The van der Waals surface area contributed by atoms with Crippen LogP contribution in [0.4, 0.5) is 39.5 Å². The van der Waals surface area contributed by atoms with Crippen molar-refractivity contribution in [2.24, 2.45) is 0 Å². The second-order valence-electron chi connectivity index (χ2n) is 9.13. The lowest BCUT2D eigenvalue weighted by molar-refractivity contribution is -0.399. The number of nitrogens with zero attached hydrogens (tertiary/aromatic N) is 2. The van der Waals surface area contributed by atoms with E-state index in [1.807, 2.05) is 30.3 Å². The van der Waals surface area contributed by atoms with E-state index in [9.17, 15) is 39.5 Å². The fourth-order valence-corrected chi connectivity index (χ4v) is 4.28. The monoisotopic (exact) mass is 580 g/mol. The van der Waals surface area contributed by atoms with Gasteiger partial charge in [-0.1, -0.05) is 48.5 Å². The Labute approximate surface area is 226 Å². The Bertz CT molecular complexity index is 1700. The number of alkyl halides is 9. The number of aromatic nitrogens is 2. The molecule has 0 amide bonds. The van der Waals surface area contributed by atoms with Crippen molar-refractivity contribution in [2.75, 3.05) is 0 Å². The molecule has 0 N–H and O–H groups in total. The molecule has 0 aliphatic heterocycles. The number of hydrogen-bond acceptors (Lipinski definition) is 3. The minimum absolute atomic E-state index is 0.179. The SMILES string of the molecule is FC(F)(F)C(F)(F)C(F)(F)C(F)(F)c1ccc(COc2ccc(-c3cc4cccnc4c4ncccc34)cc2)cc1. The van der Waals surface area contributed by atoms with Gasteiger partial charge in [0.25, 0.3) is 0 Å². The van der Waals surface area contributed by atoms with Crippen molar-refractivity contribution in [1.82, 2.24) is 9.97 Å². The average molecular weight is 580 g/mol. The van der Waals surface area contributed by atoms with Crippen molar-refractivity contribution in [3.63, 3.8) is 0 Å². The topological polar surface area (TPSA) is 35.0 Å². The van der Waals surface area contributed by atoms with Gasteiger partial charge in [0.1, 0.15) is 12.4 Å². The summed E-state index contributed by atoms with van der Waals surface area (Å²) in [6.45, 7) is -0.227. The van der Waals surface area contributed by atoms with Crippen molar-refractivity contribution in [3.05, 3.63) is 102 Å². The molecule has 0 saturated carbocycles. The quantitative estimate of drug-likeness (QED) is 0.142. The molecule has 3 aromatic carbocycles. The molecule has 3 nitrogen and oxygen atoms in total. The van der Waals surface area contributed by atoms with Crippen LogP contribution in [0, 0.1) is 0 Å². The Hall–Kier alpha value is -4.35. The predicted molar refractivity (Wildman–Crippen MR) is 133 cm³/mol. The van der Waals surface area contributed by atoms with E-state index >= 15 is 0 Å². The summed E-state index contributed by atoms with van der Waals surface area (Å²) in [5, 5.41) is 1.77. The van der Waals surface area contributed by atoms with Gasteiger partial charge in [-0.3, -0.25) is 9.97 Å². The summed E-state index contributed by atoms with van der Waals surface area (Å²) in [5.74, 6) is -19.1. The number of halogens is 9. The number of ether oxygens (including phenoxy) is 1. The van der Waals surface area contributed by atoms with Gasteiger partial charge in [0.05, 0.1) is 11.0 Å². The minimum Gasteiger partial charge on any atom is -0.489 e. The zero-order valence-corrected chi connectivity index (χ0v) is 20.6. The lowest BCUT2D eigenvalue weighted by Gasteiger charge is -2.33. The Kier molecular flexibility index (Phi) is 6.83.